The normalized spacial score (nSPS) is 26.1. The zero-order valence-corrected chi connectivity index (χ0v) is 11.0. The van der Waals surface area contributed by atoms with Crippen LogP contribution in [0.5, 0.6) is 11.5 Å². The lowest BCUT2D eigenvalue weighted by molar-refractivity contribution is -0.144. The molecule has 19 heavy (non-hydrogen) atoms. The second kappa shape index (κ2) is 5.09. The highest BCUT2D eigenvalue weighted by Crippen LogP contribution is 2.31. The van der Waals surface area contributed by atoms with Gasteiger partial charge >= 0.3 is 0 Å². The van der Waals surface area contributed by atoms with Crippen molar-refractivity contribution in [3.63, 3.8) is 0 Å². The third kappa shape index (κ3) is 2.38. The maximum Gasteiger partial charge on any atom is 0.267 e. The fourth-order valence-corrected chi connectivity index (χ4v) is 2.49. The first-order chi connectivity index (χ1) is 9.25. The van der Waals surface area contributed by atoms with Crippen LogP contribution in [-0.4, -0.2) is 49.2 Å². The lowest BCUT2D eigenvalue weighted by Gasteiger charge is -2.37. The average molecular weight is 262 g/mol. The Morgan fingerprint density at radius 1 is 1.37 bits per heavy atom. The maximum atomic E-state index is 12.5. The van der Waals surface area contributed by atoms with E-state index in [2.05, 4.69) is 5.32 Å². The predicted molar refractivity (Wildman–Crippen MR) is 70.4 cm³/mol. The molecule has 1 amide bonds. The molecule has 1 saturated heterocycles. The van der Waals surface area contributed by atoms with Crippen LogP contribution in [0.2, 0.25) is 0 Å². The maximum absolute atomic E-state index is 12.5. The lowest BCUT2D eigenvalue weighted by Crippen LogP contribution is -2.57. The van der Waals surface area contributed by atoms with Gasteiger partial charge in [0, 0.05) is 25.7 Å². The monoisotopic (exact) mass is 262 g/mol. The van der Waals surface area contributed by atoms with E-state index < -0.39 is 6.10 Å². The molecule has 3 rings (SSSR count). The van der Waals surface area contributed by atoms with Gasteiger partial charge in [0.1, 0.15) is 6.61 Å². The fraction of sp³-hybridized carbons (Fsp3) is 0.500. The van der Waals surface area contributed by atoms with Crippen LogP contribution in [0, 0.1) is 0 Å². The second-order valence-electron chi connectivity index (χ2n) is 4.95. The van der Waals surface area contributed by atoms with Gasteiger partial charge in [-0.25, -0.2) is 0 Å². The number of hydrogen-bond donors (Lipinski definition) is 1. The summed E-state index contributed by atoms with van der Waals surface area (Å²) in [5.74, 6) is 1.37. The third-order valence-corrected chi connectivity index (χ3v) is 3.57. The lowest BCUT2D eigenvalue weighted by atomic mass is 10.1. The number of piperazine rings is 1. The third-order valence-electron chi connectivity index (χ3n) is 3.57. The zero-order valence-electron chi connectivity index (χ0n) is 11.0. The molecule has 2 aliphatic heterocycles. The molecule has 0 saturated carbocycles. The van der Waals surface area contributed by atoms with Crippen molar-refractivity contribution in [2.24, 2.45) is 0 Å². The zero-order chi connectivity index (χ0) is 13.2. The molecule has 1 aromatic rings. The molecule has 0 aromatic heterocycles. The first-order valence-corrected chi connectivity index (χ1v) is 6.65. The van der Waals surface area contributed by atoms with Crippen LogP contribution >= 0.6 is 0 Å². The van der Waals surface area contributed by atoms with E-state index in [4.69, 9.17) is 9.47 Å². The summed E-state index contributed by atoms with van der Waals surface area (Å²) in [7, 11) is 0. The summed E-state index contributed by atoms with van der Waals surface area (Å²) in [5.41, 5.74) is 0. The van der Waals surface area contributed by atoms with E-state index in [0.29, 0.717) is 11.5 Å². The fourth-order valence-electron chi connectivity index (χ4n) is 2.49. The van der Waals surface area contributed by atoms with Gasteiger partial charge in [0.15, 0.2) is 11.5 Å². The highest BCUT2D eigenvalue weighted by Gasteiger charge is 2.33. The minimum absolute atomic E-state index is 0.0171. The topological polar surface area (TPSA) is 50.8 Å². The molecule has 0 unspecified atom stereocenters. The van der Waals surface area contributed by atoms with Crippen molar-refractivity contribution >= 4 is 5.91 Å². The summed E-state index contributed by atoms with van der Waals surface area (Å²) < 4.78 is 11.4. The van der Waals surface area contributed by atoms with E-state index in [1.54, 1.807) is 0 Å². The standard InChI is InChI=1S/C14H18N2O3/c1-10-8-15-6-7-16(10)14(17)13-9-18-11-4-2-3-5-12(11)19-13/h2-5,10,13,15H,6-9H2,1H3/t10-,13-/m1/s1. The van der Waals surface area contributed by atoms with Gasteiger partial charge in [0.25, 0.3) is 5.91 Å². The second-order valence-corrected chi connectivity index (χ2v) is 4.95. The molecular formula is C14H18N2O3. The largest absolute Gasteiger partial charge is 0.485 e. The van der Waals surface area contributed by atoms with Gasteiger partial charge in [0.05, 0.1) is 0 Å². The van der Waals surface area contributed by atoms with Crippen molar-refractivity contribution in [3.8, 4) is 11.5 Å². The summed E-state index contributed by atoms with van der Waals surface area (Å²) in [6.07, 6.45) is -0.532. The van der Waals surface area contributed by atoms with Crippen LogP contribution in [-0.2, 0) is 4.79 Å². The minimum atomic E-state index is -0.532. The Hall–Kier alpha value is -1.75. The highest BCUT2D eigenvalue weighted by atomic mass is 16.6. The number of para-hydroxylation sites is 2. The molecule has 1 aromatic carbocycles. The van der Waals surface area contributed by atoms with Crippen molar-refractivity contribution in [1.82, 2.24) is 10.2 Å². The van der Waals surface area contributed by atoms with E-state index in [9.17, 15) is 4.79 Å². The van der Waals surface area contributed by atoms with Gasteiger partial charge in [-0.05, 0) is 19.1 Å². The van der Waals surface area contributed by atoms with Crippen LogP contribution in [0.25, 0.3) is 0 Å². The Morgan fingerprint density at radius 2 is 2.16 bits per heavy atom. The highest BCUT2D eigenvalue weighted by molar-refractivity contribution is 5.82. The van der Waals surface area contributed by atoms with Crippen molar-refractivity contribution in [2.45, 2.75) is 19.1 Å². The van der Waals surface area contributed by atoms with Gasteiger partial charge in [-0.1, -0.05) is 12.1 Å². The SMILES string of the molecule is C[C@@H]1CNCCN1C(=O)[C@H]1COc2ccccc2O1. The molecule has 2 aliphatic rings. The molecular weight excluding hydrogens is 244 g/mol. The molecule has 0 bridgehead atoms. The number of carbonyl (C=O) groups excluding carboxylic acids is 1. The van der Waals surface area contributed by atoms with Crippen LogP contribution in [0.15, 0.2) is 24.3 Å². The van der Waals surface area contributed by atoms with Crippen molar-refractivity contribution in [3.05, 3.63) is 24.3 Å². The van der Waals surface area contributed by atoms with Crippen molar-refractivity contribution in [1.29, 1.82) is 0 Å². The molecule has 102 valence electrons. The number of amides is 1. The van der Waals surface area contributed by atoms with Gasteiger partial charge in [-0.15, -0.1) is 0 Å². The van der Waals surface area contributed by atoms with Gasteiger partial charge in [-0.2, -0.15) is 0 Å². The molecule has 5 nitrogen and oxygen atoms in total. The summed E-state index contributed by atoms with van der Waals surface area (Å²) >= 11 is 0. The van der Waals surface area contributed by atoms with E-state index >= 15 is 0 Å². The van der Waals surface area contributed by atoms with Gasteiger partial charge in [-0.3, -0.25) is 4.79 Å². The summed E-state index contributed by atoms with van der Waals surface area (Å²) in [6.45, 7) is 4.71. The quantitative estimate of drug-likeness (QED) is 0.807. The number of nitrogens with one attached hydrogen (secondary N) is 1. The Kier molecular flexibility index (Phi) is 3.29. The Morgan fingerprint density at radius 3 is 2.95 bits per heavy atom. The number of carbonyl (C=O) groups is 1. The van der Waals surface area contributed by atoms with Crippen LogP contribution in [0.3, 0.4) is 0 Å². The van der Waals surface area contributed by atoms with E-state index in [0.717, 1.165) is 19.6 Å². The van der Waals surface area contributed by atoms with Crippen LogP contribution < -0.4 is 14.8 Å². The van der Waals surface area contributed by atoms with Crippen LogP contribution in [0.4, 0.5) is 0 Å². The summed E-state index contributed by atoms with van der Waals surface area (Å²) in [4.78, 5) is 14.3. The summed E-state index contributed by atoms with van der Waals surface area (Å²) in [6, 6.07) is 7.65. The molecule has 5 heteroatoms. The number of nitrogens with zero attached hydrogens (tertiary/aromatic N) is 1. The van der Waals surface area contributed by atoms with Gasteiger partial charge in [0.2, 0.25) is 6.10 Å². The summed E-state index contributed by atoms with van der Waals surface area (Å²) in [5, 5.41) is 3.27. The first-order valence-electron chi connectivity index (χ1n) is 6.65. The molecule has 1 N–H and O–H groups in total. The molecule has 0 aliphatic carbocycles. The molecule has 1 fully saturated rings. The number of rotatable bonds is 1. The molecule has 2 heterocycles. The predicted octanol–water partition coefficient (Wildman–Crippen LogP) is 0.647. The number of hydrogen-bond acceptors (Lipinski definition) is 4. The average Bonchev–Trinajstić information content (AvgIpc) is 2.46. The first kappa shape index (κ1) is 12.3. The molecule has 2 atom stereocenters. The molecule has 0 radical (unpaired) electrons. The van der Waals surface area contributed by atoms with Crippen molar-refractivity contribution in [2.75, 3.05) is 26.2 Å². The molecule has 0 spiro atoms. The van der Waals surface area contributed by atoms with E-state index in [1.165, 1.54) is 0 Å². The Labute approximate surface area is 112 Å². The Balaban J connectivity index is 1.72. The van der Waals surface area contributed by atoms with E-state index in [1.807, 2.05) is 36.1 Å². The van der Waals surface area contributed by atoms with E-state index in [-0.39, 0.29) is 18.6 Å². The number of fused-ring (bicyclic) bond motifs is 1. The Bertz CT molecular complexity index is 478. The number of benzene rings is 1. The van der Waals surface area contributed by atoms with Crippen LogP contribution in [0.1, 0.15) is 6.92 Å². The smallest absolute Gasteiger partial charge is 0.267 e. The van der Waals surface area contributed by atoms with Crippen molar-refractivity contribution < 1.29 is 14.3 Å². The minimum Gasteiger partial charge on any atom is -0.485 e. The number of ether oxygens (including phenoxy) is 2. The van der Waals surface area contributed by atoms with Gasteiger partial charge < -0.3 is 19.7 Å².